The molecule has 172 valence electrons. The van der Waals surface area contributed by atoms with Gasteiger partial charge in [0.25, 0.3) is 0 Å². The van der Waals surface area contributed by atoms with Gasteiger partial charge in [-0.05, 0) is 49.9 Å². The molecule has 0 bridgehead atoms. The third-order valence-electron chi connectivity index (χ3n) is 5.77. The molecular formula is C22H33ClIN5O2. The van der Waals surface area contributed by atoms with E-state index in [0.29, 0.717) is 36.3 Å². The molecule has 1 atom stereocenters. The van der Waals surface area contributed by atoms with Gasteiger partial charge >= 0.3 is 0 Å². The van der Waals surface area contributed by atoms with Crippen molar-refractivity contribution in [3.8, 4) is 0 Å². The molecule has 0 radical (unpaired) electrons. The summed E-state index contributed by atoms with van der Waals surface area (Å²) < 4.78 is 0. The average molecular weight is 562 g/mol. The first-order chi connectivity index (χ1) is 14.5. The first-order valence-corrected chi connectivity index (χ1v) is 11.2. The molecule has 1 saturated heterocycles. The van der Waals surface area contributed by atoms with E-state index in [4.69, 9.17) is 11.6 Å². The number of guanidine groups is 1. The van der Waals surface area contributed by atoms with E-state index in [9.17, 15) is 9.59 Å². The molecule has 1 aliphatic carbocycles. The SMILES string of the molecule is CN=C(NCCCC(=O)Nc1ccc(Cl)cc1)NC1CCN(C(=O)C2CCCC2)C1.I. The van der Waals surface area contributed by atoms with E-state index in [2.05, 4.69) is 20.9 Å². The van der Waals surface area contributed by atoms with Gasteiger partial charge in [-0.25, -0.2) is 0 Å². The minimum Gasteiger partial charge on any atom is -0.356 e. The maximum absolute atomic E-state index is 12.6. The minimum atomic E-state index is -0.0288. The summed E-state index contributed by atoms with van der Waals surface area (Å²) in [6.45, 7) is 2.19. The number of carbonyl (C=O) groups excluding carboxylic acids is 2. The molecule has 1 heterocycles. The topological polar surface area (TPSA) is 85.8 Å². The number of benzene rings is 1. The number of nitrogens with one attached hydrogen (secondary N) is 3. The van der Waals surface area contributed by atoms with Crippen LogP contribution < -0.4 is 16.0 Å². The Morgan fingerprint density at radius 2 is 1.87 bits per heavy atom. The summed E-state index contributed by atoms with van der Waals surface area (Å²) in [6.07, 6.45) is 6.49. The fourth-order valence-corrected chi connectivity index (χ4v) is 4.24. The molecule has 0 spiro atoms. The second-order valence-corrected chi connectivity index (χ2v) is 8.49. The minimum absolute atomic E-state index is 0. The van der Waals surface area contributed by atoms with E-state index >= 15 is 0 Å². The third kappa shape index (κ3) is 8.14. The third-order valence-corrected chi connectivity index (χ3v) is 6.02. The van der Waals surface area contributed by atoms with E-state index in [1.165, 1.54) is 12.8 Å². The Hall–Kier alpha value is -1.55. The molecule has 31 heavy (non-hydrogen) atoms. The van der Waals surface area contributed by atoms with Crippen LogP contribution in [-0.2, 0) is 9.59 Å². The Morgan fingerprint density at radius 3 is 2.55 bits per heavy atom. The van der Waals surface area contributed by atoms with Crippen molar-refractivity contribution in [2.45, 2.75) is 51.0 Å². The highest BCUT2D eigenvalue weighted by Crippen LogP contribution is 2.27. The molecule has 2 fully saturated rings. The summed E-state index contributed by atoms with van der Waals surface area (Å²) in [7, 11) is 1.74. The van der Waals surface area contributed by atoms with Crippen molar-refractivity contribution in [2.24, 2.45) is 10.9 Å². The lowest BCUT2D eigenvalue weighted by molar-refractivity contribution is -0.134. The number of aliphatic imine (C=N–C) groups is 1. The Labute approximate surface area is 206 Å². The van der Waals surface area contributed by atoms with E-state index in [0.717, 1.165) is 38.0 Å². The Kier molecular flexibility index (Phi) is 10.9. The second kappa shape index (κ2) is 13.1. The average Bonchev–Trinajstić information content (AvgIpc) is 3.44. The predicted molar refractivity (Wildman–Crippen MR) is 136 cm³/mol. The molecular weight excluding hydrogens is 529 g/mol. The van der Waals surface area contributed by atoms with Crippen molar-refractivity contribution in [2.75, 3.05) is 32.0 Å². The molecule has 1 aromatic carbocycles. The Bertz CT molecular complexity index is 753. The molecule has 3 rings (SSSR count). The van der Waals surface area contributed by atoms with Gasteiger partial charge in [0.1, 0.15) is 0 Å². The standard InChI is InChI=1S/C22H32ClN5O2.HI/c1-24-22(25-13-4-7-20(29)26-18-10-8-17(23)9-11-18)27-19-12-14-28(15-19)21(30)16-5-2-3-6-16;/h8-11,16,19H,2-7,12-15H2,1H3,(H,26,29)(H2,24,25,27);1H. The summed E-state index contributed by atoms with van der Waals surface area (Å²) in [5, 5.41) is 10.2. The van der Waals surface area contributed by atoms with Crippen molar-refractivity contribution in [1.29, 1.82) is 0 Å². The molecule has 9 heteroatoms. The maximum Gasteiger partial charge on any atom is 0.225 e. The van der Waals surface area contributed by atoms with Gasteiger partial charge in [0.05, 0.1) is 0 Å². The smallest absolute Gasteiger partial charge is 0.225 e. The van der Waals surface area contributed by atoms with E-state index in [1.807, 2.05) is 4.90 Å². The summed E-state index contributed by atoms with van der Waals surface area (Å²) in [6, 6.07) is 7.29. The normalized spacial score (nSPS) is 19.1. The van der Waals surface area contributed by atoms with Crippen LogP contribution in [0.2, 0.25) is 5.02 Å². The zero-order valence-electron chi connectivity index (χ0n) is 18.0. The number of anilines is 1. The van der Waals surface area contributed by atoms with Crippen molar-refractivity contribution in [3.63, 3.8) is 0 Å². The number of hydrogen-bond donors (Lipinski definition) is 3. The van der Waals surface area contributed by atoms with Gasteiger partial charge in [-0.15, -0.1) is 24.0 Å². The lowest BCUT2D eigenvalue weighted by atomic mass is 10.1. The van der Waals surface area contributed by atoms with Crippen molar-refractivity contribution < 1.29 is 9.59 Å². The second-order valence-electron chi connectivity index (χ2n) is 8.05. The lowest BCUT2D eigenvalue weighted by Crippen LogP contribution is -2.45. The number of likely N-dealkylation sites (tertiary alicyclic amines) is 1. The molecule has 2 amide bonds. The van der Waals surface area contributed by atoms with Gasteiger partial charge in [-0.2, -0.15) is 0 Å². The highest BCUT2D eigenvalue weighted by molar-refractivity contribution is 14.0. The molecule has 0 aromatic heterocycles. The van der Waals surface area contributed by atoms with Crippen LogP contribution >= 0.6 is 35.6 Å². The van der Waals surface area contributed by atoms with Crippen LogP contribution in [0, 0.1) is 5.92 Å². The van der Waals surface area contributed by atoms with Gasteiger partial charge in [0, 0.05) is 55.8 Å². The van der Waals surface area contributed by atoms with Crippen LogP contribution in [0.1, 0.15) is 44.9 Å². The molecule has 3 N–H and O–H groups in total. The summed E-state index contributed by atoms with van der Waals surface area (Å²) in [5.41, 5.74) is 0.743. The highest BCUT2D eigenvalue weighted by atomic mass is 127. The summed E-state index contributed by atoms with van der Waals surface area (Å²) in [5.74, 6) is 1.25. The zero-order valence-corrected chi connectivity index (χ0v) is 21.1. The first kappa shape index (κ1) is 25.7. The number of halogens is 2. The fourth-order valence-electron chi connectivity index (χ4n) is 4.11. The largest absolute Gasteiger partial charge is 0.356 e. The molecule has 1 aromatic rings. The van der Waals surface area contributed by atoms with Crippen LogP contribution in [0.3, 0.4) is 0 Å². The van der Waals surface area contributed by atoms with Gasteiger partial charge < -0.3 is 20.9 Å². The predicted octanol–water partition coefficient (Wildman–Crippen LogP) is 3.63. The quantitative estimate of drug-likeness (QED) is 0.205. The van der Waals surface area contributed by atoms with Gasteiger partial charge in [-0.3, -0.25) is 14.6 Å². The molecule has 1 unspecified atom stereocenters. The molecule has 2 aliphatic rings. The van der Waals surface area contributed by atoms with Gasteiger partial charge in [-0.1, -0.05) is 24.4 Å². The molecule has 1 saturated carbocycles. The lowest BCUT2D eigenvalue weighted by Gasteiger charge is -2.21. The van der Waals surface area contributed by atoms with Crippen molar-refractivity contribution in [1.82, 2.24) is 15.5 Å². The van der Waals surface area contributed by atoms with E-state index < -0.39 is 0 Å². The Balaban J connectivity index is 0.00000341. The number of amides is 2. The van der Waals surface area contributed by atoms with Crippen LogP contribution in [-0.4, -0.2) is 55.4 Å². The van der Waals surface area contributed by atoms with Crippen molar-refractivity contribution in [3.05, 3.63) is 29.3 Å². The van der Waals surface area contributed by atoms with Gasteiger partial charge in [0.2, 0.25) is 11.8 Å². The summed E-state index contributed by atoms with van der Waals surface area (Å²) in [4.78, 5) is 30.9. The number of hydrogen-bond acceptors (Lipinski definition) is 3. The number of carbonyl (C=O) groups is 2. The van der Waals surface area contributed by atoms with Crippen LogP contribution in [0.25, 0.3) is 0 Å². The summed E-state index contributed by atoms with van der Waals surface area (Å²) >= 11 is 5.85. The number of rotatable bonds is 7. The zero-order chi connectivity index (χ0) is 21.3. The maximum atomic E-state index is 12.6. The van der Waals surface area contributed by atoms with Gasteiger partial charge in [0.15, 0.2) is 5.96 Å². The monoisotopic (exact) mass is 561 g/mol. The fraction of sp³-hybridized carbons (Fsp3) is 0.591. The van der Waals surface area contributed by atoms with Crippen LogP contribution in [0.15, 0.2) is 29.3 Å². The van der Waals surface area contributed by atoms with Crippen molar-refractivity contribution >= 4 is 59.0 Å². The Morgan fingerprint density at radius 1 is 1.16 bits per heavy atom. The number of nitrogens with zero attached hydrogens (tertiary/aromatic N) is 2. The molecule has 1 aliphatic heterocycles. The first-order valence-electron chi connectivity index (χ1n) is 10.9. The highest BCUT2D eigenvalue weighted by Gasteiger charge is 2.32. The molecule has 7 nitrogen and oxygen atoms in total. The van der Waals surface area contributed by atoms with Crippen LogP contribution in [0.5, 0.6) is 0 Å². The van der Waals surface area contributed by atoms with E-state index in [-0.39, 0.29) is 41.8 Å². The van der Waals surface area contributed by atoms with Crippen LogP contribution in [0.4, 0.5) is 5.69 Å². The van der Waals surface area contributed by atoms with E-state index in [1.54, 1.807) is 31.3 Å².